The predicted octanol–water partition coefficient (Wildman–Crippen LogP) is 1.37. The van der Waals surface area contributed by atoms with Crippen molar-refractivity contribution in [2.75, 3.05) is 6.54 Å². The summed E-state index contributed by atoms with van der Waals surface area (Å²) in [7, 11) is -3.02. The van der Waals surface area contributed by atoms with E-state index in [1.165, 1.54) is 4.31 Å². The molecular weight excluding hydrogens is 174 g/mol. The largest absolute Gasteiger partial charge is 0.216 e. The molecule has 1 saturated heterocycles. The van der Waals surface area contributed by atoms with E-state index in [0.717, 1.165) is 19.3 Å². The first kappa shape index (κ1) is 9.99. The van der Waals surface area contributed by atoms with E-state index in [1.54, 1.807) is 20.4 Å². The van der Waals surface area contributed by atoms with Crippen molar-refractivity contribution in [3.05, 3.63) is 6.54 Å². The van der Waals surface area contributed by atoms with Gasteiger partial charge in [-0.1, -0.05) is 6.42 Å². The summed E-state index contributed by atoms with van der Waals surface area (Å²) in [6.07, 6.45) is 3.00. The van der Waals surface area contributed by atoms with Crippen molar-refractivity contribution < 1.29 is 8.42 Å². The van der Waals surface area contributed by atoms with Crippen LogP contribution in [0, 0.1) is 6.54 Å². The highest BCUT2D eigenvalue weighted by Gasteiger charge is 2.26. The fourth-order valence-electron chi connectivity index (χ4n) is 1.24. The predicted molar refractivity (Wildman–Crippen MR) is 48.9 cm³/mol. The van der Waals surface area contributed by atoms with Crippen LogP contribution in [-0.4, -0.2) is 24.5 Å². The number of piperidine rings is 1. The molecule has 12 heavy (non-hydrogen) atoms. The molecule has 3 nitrogen and oxygen atoms in total. The average Bonchev–Trinajstić information content (AvgIpc) is 2.06. The average molecular weight is 190 g/mol. The molecule has 0 unspecified atom stereocenters. The topological polar surface area (TPSA) is 37.4 Å². The molecule has 0 bridgehead atoms. The molecule has 0 atom stereocenters. The second-order valence-electron chi connectivity index (χ2n) is 3.38. The second kappa shape index (κ2) is 3.75. The van der Waals surface area contributed by atoms with Crippen LogP contribution in [-0.2, 0) is 10.0 Å². The molecule has 1 rings (SSSR count). The van der Waals surface area contributed by atoms with Crippen molar-refractivity contribution in [1.29, 1.82) is 0 Å². The zero-order valence-electron chi connectivity index (χ0n) is 7.66. The maximum Gasteiger partial charge on any atom is 0.216 e. The minimum atomic E-state index is -3.02. The third-order valence-corrected chi connectivity index (χ3v) is 4.26. The van der Waals surface area contributed by atoms with Crippen LogP contribution in [0.1, 0.15) is 33.1 Å². The summed E-state index contributed by atoms with van der Waals surface area (Å²) >= 11 is 0. The van der Waals surface area contributed by atoms with Crippen LogP contribution in [0.5, 0.6) is 0 Å². The van der Waals surface area contributed by atoms with Crippen LogP contribution >= 0.6 is 0 Å². The van der Waals surface area contributed by atoms with E-state index < -0.39 is 10.0 Å². The Morgan fingerprint density at radius 1 is 1.33 bits per heavy atom. The third kappa shape index (κ3) is 1.98. The van der Waals surface area contributed by atoms with Gasteiger partial charge in [-0.15, -0.1) is 0 Å². The van der Waals surface area contributed by atoms with Gasteiger partial charge in [0.05, 0.1) is 5.25 Å². The Morgan fingerprint density at radius 3 is 2.42 bits per heavy atom. The maximum absolute atomic E-state index is 11.6. The van der Waals surface area contributed by atoms with Gasteiger partial charge in [0.2, 0.25) is 10.0 Å². The Hall–Kier alpha value is -0.0900. The smallest absolute Gasteiger partial charge is 0.212 e. The van der Waals surface area contributed by atoms with E-state index in [1.807, 2.05) is 0 Å². The van der Waals surface area contributed by atoms with E-state index in [9.17, 15) is 8.42 Å². The molecule has 71 valence electrons. The standard InChI is InChI=1S/C8H16NO2S/c1-8(2)12(10,11)9-6-4-3-5-7-9/h6,8H,3-5,7H2,1-2H3. The van der Waals surface area contributed by atoms with Crippen LogP contribution in [0.4, 0.5) is 0 Å². The van der Waals surface area contributed by atoms with Crippen molar-refractivity contribution in [2.45, 2.75) is 38.4 Å². The van der Waals surface area contributed by atoms with Gasteiger partial charge in [0, 0.05) is 13.1 Å². The van der Waals surface area contributed by atoms with Crippen LogP contribution in [0.3, 0.4) is 0 Å². The quantitative estimate of drug-likeness (QED) is 0.659. The Kier molecular flexibility index (Phi) is 3.12. The van der Waals surface area contributed by atoms with E-state index in [2.05, 4.69) is 0 Å². The van der Waals surface area contributed by atoms with Crippen LogP contribution in [0.25, 0.3) is 0 Å². The molecule has 1 heterocycles. The van der Waals surface area contributed by atoms with Gasteiger partial charge in [-0.05, 0) is 26.7 Å². The number of nitrogens with zero attached hydrogens (tertiary/aromatic N) is 1. The van der Waals surface area contributed by atoms with Gasteiger partial charge in [0.25, 0.3) is 0 Å². The summed E-state index contributed by atoms with van der Waals surface area (Å²) in [5.74, 6) is 0. The van der Waals surface area contributed by atoms with Crippen LogP contribution in [0.2, 0.25) is 0 Å². The molecule has 0 aromatic heterocycles. The zero-order valence-corrected chi connectivity index (χ0v) is 8.47. The lowest BCUT2D eigenvalue weighted by molar-refractivity contribution is 0.397. The van der Waals surface area contributed by atoms with Gasteiger partial charge in [-0.2, -0.15) is 4.31 Å². The van der Waals surface area contributed by atoms with Crippen molar-refractivity contribution >= 4 is 10.0 Å². The molecule has 1 fully saturated rings. The van der Waals surface area contributed by atoms with Gasteiger partial charge >= 0.3 is 0 Å². The molecule has 4 heteroatoms. The molecule has 1 aliphatic rings. The summed E-state index contributed by atoms with van der Waals surface area (Å²) in [6.45, 7) is 5.91. The summed E-state index contributed by atoms with van der Waals surface area (Å²) < 4.78 is 24.7. The SMILES string of the molecule is CC(C)S(=O)(=O)N1[CH]CCCC1. The van der Waals surface area contributed by atoms with Gasteiger partial charge in [0.1, 0.15) is 0 Å². The fourth-order valence-corrected chi connectivity index (χ4v) is 2.48. The molecule has 0 N–H and O–H groups in total. The first-order chi connectivity index (χ1) is 5.55. The van der Waals surface area contributed by atoms with E-state index in [-0.39, 0.29) is 5.25 Å². The molecule has 1 aliphatic heterocycles. The summed E-state index contributed by atoms with van der Waals surface area (Å²) in [5.41, 5.74) is 0. The number of rotatable bonds is 2. The molecule has 0 amide bonds. The van der Waals surface area contributed by atoms with Crippen molar-refractivity contribution in [3.63, 3.8) is 0 Å². The van der Waals surface area contributed by atoms with Crippen molar-refractivity contribution in [1.82, 2.24) is 4.31 Å². The highest BCUT2D eigenvalue weighted by atomic mass is 32.2. The Labute approximate surface area is 74.8 Å². The molecule has 0 aromatic rings. The third-order valence-electron chi connectivity index (χ3n) is 2.09. The Balaban J connectivity index is 2.67. The van der Waals surface area contributed by atoms with Gasteiger partial charge in [0.15, 0.2) is 0 Å². The molecule has 0 saturated carbocycles. The summed E-state index contributed by atoms with van der Waals surface area (Å²) in [6, 6.07) is 0. The van der Waals surface area contributed by atoms with Gasteiger partial charge in [-0.25, -0.2) is 8.42 Å². The van der Waals surface area contributed by atoms with Crippen molar-refractivity contribution in [2.24, 2.45) is 0 Å². The Bertz CT molecular complexity index is 227. The van der Waals surface area contributed by atoms with Crippen LogP contribution < -0.4 is 0 Å². The lowest BCUT2D eigenvalue weighted by atomic mass is 10.2. The van der Waals surface area contributed by atoms with Crippen LogP contribution in [0.15, 0.2) is 0 Å². The monoisotopic (exact) mass is 190 g/mol. The van der Waals surface area contributed by atoms with E-state index in [4.69, 9.17) is 0 Å². The summed E-state index contributed by atoms with van der Waals surface area (Å²) in [4.78, 5) is 0. The van der Waals surface area contributed by atoms with E-state index in [0.29, 0.717) is 6.54 Å². The number of sulfonamides is 1. The van der Waals surface area contributed by atoms with Gasteiger partial charge in [-0.3, -0.25) is 0 Å². The lowest BCUT2D eigenvalue weighted by Crippen LogP contribution is -2.36. The summed E-state index contributed by atoms with van der Waals surface area (Å²) in [5, 5.41) is -0.299. The highest BCUT2D eigenvalue weighted by molar-refractivity contribution is 7.89. The highest BCUT2D eigenvalue weighted by Crippen LogP contribution is 2.19. The van der Waals surface area contributed by atoms with E-state index >= 15 is 0 Å². The zero-order chi connectivity index (χ0) is 9.19. The van der Waals surface area contributed by atoms with Crippen molar-refractivity contribution in [3.8, 4) is 0 Å². The molecule has 0 aromatic carbocycles. The maximum atomic E-state index is 11.6. The fraction of sp³-hybridized carbons (Fsp3) is 0.875. The number of hydrogen-bond donors (Lipinski definition) is 0. The lowest BCUT2D eigenvalue weighted by Gasteiger charge is -2.26. The normalized spacial score (nSPS) is 21.6. The number of hydrogen-bond acceptors (Lipinski definition) is 2. The Morgan fingerprint density at radius 2 is 2.00 bits per heavy atom. The molecular formula is C8H16NO2S. The first-order valence-electron chi connectivity index (χ1n) is 4.39. The molecule has 1 radical (unpaired) electrons. The first-order valence-corrected chi connectivity index (χ1v) is 5.89. The van der Waals surface area contributed by atoms with Gasteiger partial charge < -0.3 is 0 Å². The minimum absolute atomic E-state index is 0.299. The second-order valence-corrected chi connectivity index (χ2v) is 5.82. The molecule has 0 spiro atoms. The molecule has 0 aliphatic carbocycles. The minimum Gasteiger partial charge on any atom is -0.212 e.